The van der Waals surface area contributed by atoms with Gasteiger partial charge in [-0.05, 0) is 56.9 Å². The number of fused-ring (bicyclic) bond motifs is 1. The summed E-state index contributed by atoms with van der Waals surface area (Å²) in [5.74, 6) is 1.23. The minimum atomic E-state index is 0.0326. The second kappa shape index (κ2) is 11.0. The van der Waals surface area contributed by atoms with Crippen LogP contribution >= 0.6 is 0 Å². The fraction of sp³-hybridized carbons (Fsp3) is 0.462. The number of amides is 1. The minimum absolute atomic E-state index is 0.0326. The van der Waals surface area contributed by atoms with Crippen molar-refractivity contribution in [2.24, 2.45) is 0 Å². The fourth-order valence-electron chi connectivity index (χ4n) is 4.04. The SMILES string of the molecule is CCCCCn1c(CCCCCNC(=O)c2ccc(C)cc2C)nc2ccccc21. The molecule has 30 heavy (non-hydrogen) atoms. The van der Waals surface area contributed by atoms with Crippen molar-refractivity contribution in [1.29, 1.82) is 0 Å². The lowest BCUT2D eigenvalue weighted by Gasteiger charge is -2.10. The van der Waals surface area contributed by atoms with Crippen molar-refractivity contribution in [1.82, 2.24) is 14.9 Å². The molecule has 4 nitrogen and oxygen atoms in total. The van der Waals surface area contributed by atoms with Gasteiger partial charge in [-0.1, -0.05) is 56.0 Å². The summed E-state index contributed by atoms with van der Waals surface area (Å²) in [6.07, 6.45) is 7.86. The molecule has 2 aromatic carbocycles. The van der Waals surface area contributed by atoms with Crippen LogP contribution in [0.2, 0.25) is 0 Å². The molecule has 0 saturated heterocycles. The van der Waals surface area contributed by atoms with Crippen molar-refractivity contribution in [3.63, 3.8) is 0 Å². The molecule has 1 N–H and O–H groups in total. The molecule has 1 amide bonds. The second-order valence-electron chi connectivity index (χ2n) is 8.26. The molecule has 0 spiro atoms. The van der Waals surface area contributed by atoms with Crippen LogP contribution < -0.4 is 5.32 Å². The molecule has 1 aromatic heterocycles. The lowest BCUT2D eigenvalue weighted by atomic mass is 10.1. The van der Waals surface area contributed by atoms with Gasteiger partial charge in [0.1, 0.15) is 5.82 Å². The van der Waals surface area contributed by atoms with Gasteiger partial charge in [-0.3, -0.25) is 4.79 Å². The first-order chi connectivity index (χ1) is 14.6. The van der Waals surface area contributed by atoms with Crippen molar-refractivity contribution in [3.05, 3.63) is 65.0 Å². The number of aryl methyl sites for hydroxylation is 4. The van der Waals surface area contributed by atoms with Gasteiger partial charge in [0.05, 0.1) is 11.0 Å². The molecule has 0 atom stereocenters. The molecular formula is C26H35N3O. The molecular weight excluding hydrogens is 370 g/mol. The van der Waals surface area contributed by atoms with Gasteiger partial charge in [-0.25, -0.2) is 4.98 Å². The zero-order valence-electron chi connectivity index (χ0n) is 18.7. The molecule has 0 aliphatic rings. The highest BCUT2D eigenvalue weighted by molar-refractivity contribution is 5.95. The average Bonchev–Trinajstić information content (AvgIpc) is 3.08. The molecule has 160 valence electrons. The molecule has 0 saturated carbocycles. The maximum absolute atomic E-state index is 12.4. The van der Waals surface area contributed by atoms with E-state index in [9.17, 15) is 4.79 Å². The van der Waals surface area contributed by atoms with Crippen LogP contribution in [0.4, 0.5) is 0 Å². The Kier molecular flexibility index (Phi) is 8.06. The van der Waals surface area contributed by atoms with Crippen molar-refractivity contribution in [3.8, 4) is 0 Å². The van der Waals surface area contributed by atoms with Gasteiger partial charge in [0.15, 0.2) is 0 Å². The third-order valence-electron chi connectivity index (χ3n) is 5.71. The summed E-state index contributed by atoms with van der Waals surface area (Å²) in [6.45, 7) is 8.06. The number of nitrogens with one attached hydrogen (secondary N) is 1. The predicted molar refractivity (Wildman–Crippen MR) is 125 cm³/mol. The van der Waals surface area contributed by atoms with Crippen LogP contribution in [0.25, 0.3) is 11.0 Å². The molecule has 0 aliphatic carbocycles. The monoisotopic (exact) mass is 405 g/mol. The number of unbranched alkanes of at least 4 members (excludes halogenated alkanes) is 4. The Morgan fingerprint density at radius 3 is 2.63 bits per heavy atom. The van der Waals surface area contributed by atoms with Crippen LogP contribution in [0, 0.1) is 13.8 Å². The van der Waals surface area contributed by atoms with Gasteiger partial charge in [-0.2, -0.15) is 0 Å². The van der Waals surface area contributed by atoms with E-state index in [0.29, 0.717) is 0 Å². The number of para-hydroxylation sites is 2. The van der Waals surface area contributed by atoms with Crippen LogP contribution in [0.3, 0.4) is 0 Å². The first kappa shape index (κ1) is 22.1. The van der Waals surface area contributed by atoms with E-state index in [1.807, 2.05) is 26.0 Å². The number of carbonyl (C=O) groups is 1. The van der Waals surface area contributed by atoms with Crippen molar-refractivity contribution >= 4 is 16.9 Å². The summed E-state index contributed by atoms with van der Waals surface area (Å²) in [4.78, 5) is 17.3. The first-order valence-electron chi connectivity index (χ1n) is 11.4. The quantitative estimate of drug-likeness (QED) is 0.399. The molecule has 0 unspecified atom stereocenters. The summed E-state index contributed by atoms with van der Waals surface area (Å²) in [5.41, 5.74) is 5.36. The van der Waals surface area contributed by atoms with E-state index in [2.05, 4.69) is 47.1 Å². The number of imidazole rings is 1. The maximum atomic E-state index is 12.4. The highest BCUT2D eigenvalue weighted by Crippen LogP contribution is 2.19. The molecule has 0 fully saturated rings. The molecule has 1 heterocycles. The molecule has 3 rings (SSSR count). The van der Waals surface area contributed by atoms with Gasteiger partial charge in [0, 0.05) is 25.1 Å². The fourth-order valence-corrected chi connectivity index (χ4v) is 4.04. The number of aromatic nitrogens is 2. The summed E-state index contributed by atoms with van der Waals surface area (Å²) in [5, 5.41) is 3.07. The summed E-state index contributed by atoms with van der Waals surface area (Å²) >= 11 is 0. The third-order valence-corrected chi connectivity index (χ3v) is 5.71. The Morgan fingerprint density at radius 1 is 1.00 bits per heavy atom. The van der Waals surface area contributed by atoms with Crippen molar-refractivity contribution in [2.75, 3.05) is 6.54 Å². The van der Waals surface area contributed by atoms with E-state index in [1.54, 1.807) is 0 Å². The molecule has 4 heteroatoms. The smallest absolute Gasteiger partial charge is 0.251 e. The lowest BCUT2D eigenvalue weighted by molar-refractivity contribution is 0.0952. The van der Waals surface area contributed by atoms with Crippen LogP contribution in [-0.4, -0.2) is 22.0 Å². The van der Waals surface area contributed by atoms with Crippen LogP contribution in [0.15, 0.2) is 42.5 Å². The highest BCUT2D eigenvalue weighted by Gasteiger charge is 2.10. The lowest BCUT2D eigenvalue weighted by Crippen LogP contribution is -2.25. The third kappa shape index (κ3) is 5.71. The van der Waals surface area contributed by atoms with Crippen LogP contribution in [-0.2, 0) is 13.0 Å². The number of rotatable bonds is 11. The van der Waals surface area contributed by atoms with Crippen LogP contribution in [0.5, 0.6) is 0 Å². The van der Waals surface area contributed by atoms with E-state index in [-0.39, 0.29) is 5.91 Å². The summed E-state index contributed by atoms with van der Waals surface area (Å²) in [7, 11) is 0. The Morgan fingerprint density at radius 2 is 1.83 bits per heavy atom. The summed E-state index contributed by atoms with van der Waals surface area (Å²) in [6, 6.07) is 14.4. The minimum Gasteiger partial charge on any atom is -0.352 e. The number of benzene rings is 2. The van der Waals surface area contributed by atoms with Gasteiger partial charge in [0.25, 0.3) is 5.91 Å². The van der Waals surface area contributed by atoms with E-state index in [4.69, 9.17) is 4.98 Å². The predicted octanol–water partition coefficient (Wildman–Crippen LogP) is 5.99. The number of hydrogen-bond acceptors (Lipinski definition) is 2. The largest absolute Gasteiger partial charge is 0.352 e. The number of hydrogen-bond donors (Lipinski definition) is 1. The summed E-state index contributed by atoms with van der Waals surface area (Å²) < 4.78 is 2.41. The van der Waals surface area contributed by atoms with Gasteiger partial charge in [0.2, 0.25) is 0 Å². The topological polar surface area (TPSA) is 46.9 Å². The molecule has 0 aliphatic heterocycles. The molecule has 0 radical (unpaired) electrons. The molecule has 3 aromatic rings. The number of carbonyl (C=O) groups excluding carboxylic acids is 1. The Balaban J connectivity index is 1.46. The Hall–Kier alpha value is -2.62. The van der Waals surface area contributed by atoms with Crippen LogP contribution in [0.1, 0.15) is 72.8 Å². The second-order valence-corrected chi connectivity index (χ2v) is 8.26. The van der Waals surface area contributed by atoms with Gasteiger partial charge >= 0.3 is 0 Å². The average molecular weight is 406 g/mol. The molecule has 0 bridgehead atoms. The number of nitrogens with zero attached hydrogens (tertiary/aromatic N) is 2. The zero-order valence-corrected chi connectivity index (χ0v) is 18.7. The van der Waals surface area contributed by atoms with E-state index in [0.717, 1.165) is 55.4 Å². The Labute approximate surface area is 180 Å². The maximum Gasteiger partial charge on any atom is 0.251 e. The van der Waals surface area contributed by atoms with Gasteiger partial charge < -0.3 is 9.88 Å². The highest BCUT2D eigenvalue weighted by atomic mass is 16.1. The van der Waals surface area contributed by atoms with E-state index >= 15 is 0 Å². The zero-order chi connectivity index (χ0) is 21.3. The van der Waals surface area contributed by atoms with E-state index < -0.39 is 0 Å². The van der Waals surface area contributed by atoms with Crippen molar-refractivity contribution in [2.45, 2.75) is 72.3 Å². The Bertz CT molecular complexity index is 974. The standard InChI is InChI=1S/C26H35N3O/c1-4-5-11-18-29-24-13-9-8-12-23(24)28-25(29)14-7-6-10-17-27-26(30)22-16-15-20(2)19-21(22)3/h8-9,12-13,15-16,19H,4-7,10-11,14,17-18H2,1-3H3,(H,27,30). The first-order valence-corrected chi connectivity index (χ1v) is 11.4. The normalized spacial score (nSPS) is 11.2. The van der Waals surface area contributed by atoms with E-state index in [1.165, 1.54) is 36.2 Å². The van der Waals surface area contributed by atoms with Gasteiger partial charge in [-0.15, -0.1) is 0 Å². The van der Waals surface area contributed by atoms with Crippen molar-refractivity contribution < 1.29 is 4.79 Å².